The van der Waals surface area contributed by atoms with Crippen molar-refractivity contribution < 1.29 is 4.79 Å². The van der Waals surface area contributed by atoms with Gasteiger partial charge in [0.05, 0.1) is 12.2 Å². The van der Waals surface area contributed by atoms with Crippen LogP contribution >= 0.6 is 11.3 Å². The third kappa shape index (κ3) is 4.99. The van der Waals surface area contributed by atoms with Gasteiger partial charge in [0.2, 0.25) is 11.7 Å². The summed E-state index contributed by atoms with van der Waals surface area (Å²) in [5.74, 6) is 0.739. The number of carbonyl (C=O) groups is 1. The number of fused-ring (bicyclic) bond motifs is 1. The van der Waals surface area contributed by atoms with Crippen LogP contribution in [0.1, 0.15) is 18.5 Å². The van der Waals surface area contributed by atoms with Crippen molar-refractivity contribution in [3.63, 3.8) is 0 Å². The van der Waals surface area contributed by atoms with E-state index >= 15 is 0 Å². The van der Waals surface area contributed by atoms with Gasteiger partial charge in [0, 0.05) is 62.4 Å². The van der Waals surface area contributed by atoms with Crippen molar-refractivity contribution in [1.29, 1.82) is 0 Å². The zero-order valence-electron chi connectivity index (χ0n) is 18.1. The molecule has 4 heterocycles. The van der Waals surface area contributed by atoms with Crippen molar-refractivity contribution in [3.05, 3.63) is 64.0 Å². The summed E-state index contributed by atoms with van der Waals surface area (Å²) < 4.78 is 1.56. The normalized spacial score (nSPS) is 14.7. The Bertz CT molecular complexity index is 1290. The van der Waals surface area contributed by atoms with Crippen LogP contribution in [0.4, 0.5) is 0 Å². The van der Waals surface area contributed by atoms with Crippen LogP contribution in [0.2, 0.25) is 0 Å². The van der Waals surface area contributed by atoms with Gasteiger partial charge in [-0.1, -0.05) is 30.3 Å². The average Bonchev–Trinajstić information content (AvgIpc) is 3.50. The topological polar surface area (TPSA) is 102 Å². The van der Waals surface area contributed by atoms with Crippen molar-refractivity contribution in [2.24, 2.45) is 0 Å². The molecule has 0 radical (unpaired) electrons. The fourth-order valence-corrected chi connectivity index (χ4v) is 4.66. The lowest BCUT2D eigenvalue weighted by atomic mass is 10.2. The Morgan fingerprint density at radius 3 is 2.73 bits per heavy atom. The van der Waals surface area contributed by atoms with E-state index in [0.717, 1.165) is 24.3 Å². The first-order valence-corrected chi connectivity index (χ1v) is 11.8. The Morgan fingerprint density at radius 1 is 1.09 bits per heavy atom. The van der Waals surface area contributed by atoms with Crippen LogP contribution in [0.15, 0.2) is 52.8 Å². The highest BCUT2D eigenvalue weighted by Crippen LogP contribution is 2.13. The van der Waals surface area contributed by atoms with Crippen molar-refractivity contribution in [2.45, 2.75) is 25.9 Å². The summed E-state index contributed by atoms with van der Waals surface area (Å²) >= 11 is 1.45. The largest absolute Gasteiger partial charge is 0.340 e. The van der Waals surface area contributed by atoms with Crippen molar-refractivity contribution in [3.8, 4) is 11.4 Å². The molecule has 1 fully saturated rings. The average molecular weight is 465 g/mol. The minimum Gasteiger partial charge on any atom is -0.340 e. The van der Waals surface area contributed by atoms with Gasteiger partial charge in [-0.25, -0.2) is 4.98 Å². The predicted molar refractivity (Wildman–Crippen MR) is 124 cm³/mol. The van der Waals surface area contributed by atoms with Gasteiger partial charge in [0.25, 0.3) is 5.56 Å². The molecule has 10 nitrogen and oxygen atoms in total. The highest BCUT2D eigenvalue weighted by atomic mass is 32.1. The van der Waals surface area contributed by atoms with Crippen molar-refractivity contribution in [2.75, 3.05) is 26.2 Å². The maximum atomic E-state index is 12.6. The van der Waals surface area contributed by atoms with Gasteiger partial charge in [-0.05, 0) is 11.6 Å². The number of tetrazole rings is 1. The number of piperazine rings is 1. The molecule has 1 aliphatic rings. The van der Waals surface area contributed by atoms with Gasteiger partial charge < -0.3 is 4.90 Å². The van der Waals surface area contributed by atoms with Gasteiger partial charge in [-0.2, -0.15) is 4.80 Å². The van der Waals surface area contributed by atoms with E-state index in [1.165, 1.54) is 11.3 Å². The molecule has 33 heavy (non-hydrogen) atoms. The van der Waals surface area contributed by atoms with Gasteiger partial charge >= 0.3 is 0 Å². The van der Waals surface area contributed by atoms with Crippen LogP contribution in [0.3, 0.4) is 0 Å². The molecule has 170 valence electrons. The van der Waals surface area contributed by atoms with Gasteiger partial charge in [-0.3, -0.25) is 18.9 Å². The highest BCUT2D eigenvalue weighted by molar-refractivity contribution is 7.15. The maximum absolute atomic E-state index is 12.6. The molecule has 11 heteroatoms. The van der Waals surface area contributed by atoms with E-state index in [9.17, 15) is 9.59 Å². The van der Waals surface area contributed by atoms with Gasteiger partial charge in [0.15, 0.2) is 4.96 Å². The van der Waals surface area contributed by atoms with E-state index < -0.39 is 0 Å². The number of benzene rings is 1. The Kier molecular flexibility index (Phi) is 6.22. The van der Waals surface area contributed by atoms with Crippen LogP contribution in [-0.4, -0.2) is 71.5 Å². The molecule has 1 amide bonds. The van der Waals surface area contributed by atoms with Gasteiger partial charge in [0.1, 0.15) is 0 Å². The fourth-order valence-electron chi connectivity index (χ4n) is 3.92. The molecule has 0 spiro atoms. The summed E-state index contributed by atoms with van der Waals surface area (Å²) in [4.78, 5) is 35.8. The number of thiazole rings is 1. The lowest BCUT2D eigenvalue weighted by molar-refractivity contribution is -0.133. The summed E-state index contributed by atoms with van der Waals surface area (Å²) in [6.07, 6.45) is 2.86. The number of nitrogens with zero attached hydrogens (tertiary/aromatic N) is 8. The minimum atomic E-state index is -0.0529. The predicted octanol–water partition coefficient (Wildman–Crippen LogP) is 1.53. The number of carbonyl (C=O) groups excluding carboxylic acids is 1. The van der Waals surface area contributed by atoms with Crippen LogP contribution < -0.4 is 5.56 Å². The standard InChI is InChI=1S/C22H24N8O2S/c31-19(7-4-8-30-25-21(24-26-30)17-5-2-1-3-6-17)28-11-9-27(10-12-28)16-18-15-20(32)29-13-14-33-22(29)23-18/h1-3,5-6,13-15H,4,7-12,16H2. The Morgan fingerprint density at radius 2 is 1.91 bits per heavy atom. The number of aryl methyl sites for hydroxylation is 1. The van der Waals surface area contributed by atoms with E-state index in [0.29, 0.717) is 49.8 Å². The van der Waals surface area contributed by atoms with Crippen LogP contribution in [0, 0.1) is 0 Å². The third-order valence-corrected chi connectivity index (χ3v) is 6.46. The second-order valence-corrected chi connectivity index (χ2v) is 8.85. The van der Waals surface area contributed by atoms with Crippen molar-refractivity contribution >= 4 is 22.2 Å². The number of amides is 1. The van der Waals surface area contributed by atoms with E-state index in [2.05, 4.69) is 25.3 Å². The number of aromatic nitrogens is 6. The molecule has 0 saturated carbocycles. The van der Waals surface area contributed by atoms with Crippen LogP contribution in [-0.2, 0) is 17.9 Å². The zero-order chi connectivity index (χ0) is 22.6. The molecular formula is C22H24N8O2S. The summed E-state index contributed by atoms with van der Waals surface area (Å²) in [7, 11) is 0. The summed E-state index contributed by atoms with van der Waals surface area (Å²) in [6.45, 7) is 4.06. The smallest absolute Gasteiger partial charge is 0.258 e. The minimum absolute atomic E-state index is 0.0529. The fraction of sp³-hybridized carbons (Fsp3) is 0.364. The SMILES string of the molecule is O=C(CCCn1nnc(-c2ccccc2)n1)N1CCN(Cc2cc(=O)n3ccsc3n2)CC1. The van der Waals surface area contributed by atoms with Gasteiger partial charge in [-0.15, -0.1) is 21.5 Å². The lowest BCUT2D eigenvalue weighted by Gasteiger charge is -2.34. The van der Waals surface area contributed by atoms with Crippen LogP contribution in [0.25, 0.3) is 16.3 Å². The molecule has 0 N–H and O–H groups in total. The van der Waals surface area contributed by atoms with E-state index in [1.54, 1.807) is 21.5 Å². The first-order chi connectivity index (χ1) is 16.2. The van der Waals surface area contributed by atoms with E-state index in [4.69, 9.17) is 0 Å². The molecule has 5 rings (SSSR count). The monoisotopic (exact) mass is 464 g/mol. The Balaban J connectivity index is 1.07. The maximum Gasteiger partial charge on any atom is 0.258 e. The molecule has 0 unspecified atom stereocenters. The van der Waals surface area contributed by atoms with Crippen LogP contribution in [0.5, 0.6) is 0 Å². The molecule has 0 atom stereocenters. The number of hydrogen-bond acceptors (Lipinski definition) is 8. The second kappa shape index (κ2) is 9.59. The summed E-state index contributed by atoms with van der Waals surface area (Å²) in [6, 6.07) is 11.3. The molecule has 0 aliphatic carbocycles. The number of rotatable bonds is 7. The summed E-state index contributed by atoms with van der Waals surface area (Å²) in [5.41, 5.74) is 1.65. The zero-order valence-corrected chi connectivity index (χ0v) is 18.9. The first kappa shape index (κ1) is 21.4. The summed E-state index contributed by atoms with van der Waals surface area (Å²) in [5, 5.41) is 14.4. The van der Waals surface area contributed by atoms with E-state index in [-0.39, 0.29) is 11.5 Å². The molecule has 3 aromatic heterocycles. The molecule has 1 aliphatic heterocycles. The number of hydrogen-bond donors (Lipinski definition) is 0. The molecule has 4 aromatic rings. The third-order valence-electron chi connectivity index (χ3n) is 5.70. The molecular weight excluding hydrogens is 440 g/mol. The Hall–Kier alpha value is -3.44. The molecule has 1 aromatic carbocycles. The lowest BCUT2D eigenvalue weighted by Crippen LogP contribution is -2.48. The Labute approximate surface area is 194 Å². The quantitative estimate of drug-likeness (QED) is 0.409. The molecule has 1 saturated heterocycles. The van der Waals surface area contributed by atoms with Crippen molar-refractivity contribution in [1.82, 2.24) is 39.4 Å². The van der Waals surface area contributed by atoms with E-state index in [1.807, 2.05) is 40.6 Å². The highest BCUT2D eigenvalue weighted by Gasteiger charge is 2.21. The molecule has 0 bridgehead atoms. The first-order valence-electron chi connectivity index (χ1n) is 10.9. The second-order valence-electron chi connectivity index (χ2n) is 7.98.